The van der Waals surface area contributed by atoms with E-state index in [4.69, 9.17) is 4.74 Å². The lowest BCUT2D eigenvalue weighted by Crippen LogP contribution is -2.42. The minimum atomic E-state index is -0.0237. The van der Waals surface area contributed by atoms with Crippen molar-refractivity contribution in [3.63, 3.8) is 0 Å². The molecule has 1 saturated heterocycles. The van der Waals surface area contributed by atoms with Crippen LogP contribution in [0.15, 0.2) is 17.5 Å². The van der Waals surface area contributed by atoms with Gasteiger partial charge in [0, 0.05) is 38.1 Å². The van der Waals surface area contributed by atoms with Crippen LogP contribution in [0.1, 0.15) is 35.4 Å². The van der Waals surface area contributed by atoms with Crippen LogP contribution >= 0.6 is 11.3 Å². The summed E-state index contributed by atoms with van der Waals surface area (Å²) < 4.78 is 5.00. The lowest BCUT2D eigenvalue weighted by atomic mass is 9.76. The number of ether oxygens (including phenoxy) is 1. The summed E-state index contributed by atoms with van der Waals surface area (Å²) in [5, 5.41) is 4.91. The van der Waals surface area contributed by atoms with Gasteiger partial charge in [0.05, 0.1) is 11.5 Å². The molecule has 0 aromatic carbocycles. The van der Waals surface area contributed by atoms with Crippen molar-refractivity contribution in [3.05, 3.63) is 22.4 Å². The topological polar surface area (TPSA) is 58.6 Å². The first-order valence-electron chi connectivity index (χ1n) is 8.26. The summed E-state index contributed by atoms with van der Waals surface area (Å²) in [5.41, 5.74) is -0.0237. The van der Waals surface area contributed by atoms with Crippen molar-refractivity contribution in [2.75, 3.05) is 33.4 Å². The van der Waals surface area contributed by atoms with Crippen LogP contribution < -0.4 is 5.32 Å². The number of carbonyl (C=O) groups excluding carboxylic acids is 2. The van der Waals surface area contributed by atoms with E-state index in [2.05, 4.69) is 5.32 Å². The van der Waals surface area contributed by atoms with Crippen LogP contribution in [0.3, 0.4) is 0 Å². The number of nitrogens with one attached hydrogen (secondary N) is 1. The van der Waals surface area contributed by atoms with Crippen molar-refractivity contribution in [3.8, 4) is 0 Å². The summed E-state index contributed by atoms with van der Waals surface area (Å²) >= 11 is 1.49. The first-order chi connectivity index (χ1) is 11.2. The summed E-state index contributed by atoms with van der Waals surface area (Å²) in [6.07, 6.45) is 3.99. The van der Waals surface area contributed by atoms with Gasteiger partial charge in [-0.1, -0.05) is 12.5 Å². The smallest absolute Gasteiger partial charge is 0.263 e. The van der Waals surface area contributed by atoms with Crippen LogP contribution in [0, 0.1) is 11.3 Å². The number of amides is 2. The zero-order valence-corrected chi connectivity index (χ0v) is 14.4. The number of hydrogen-bond acceptors (Lipinski definition) is 4. The number of hydrogen-bond donors (Lipinski definition) is 1. The molecule has 1 aromatic rings. The molecule has 1 aliphatic carbocycles. The number of rotatable bonds is 5. The Morgan fingerprint density at radius 2 is 2.35 bits per heavy atom. The lowest BCUT2D eigenvalue weighted by Gasteiger charge is -2.30. The third kappa shape index (κ3) is 3.28. The van der Waals surface area contributed by atoms with Gasteiger partial charge in [0.2, 0.25) is 5.91 Å². The average Bonchev–Trinajstić information content (AvgIpc) is 3.28. The third-order valence-electron chi connectivity index (χ3n) is 5.23. The highest BCUT2D eigenvalue weighted by molar-refractivity contribution is 7.12. The summed E-state index contributed by atoms with van der Waals surface area (Å²) in [5.74, 6) is 0.271. The van der Waals surface area contributed by atoms with Gasteiger partial charge in [-0.2, -0.15) is 0 Å². The molecule has 1 aromatic heterocycles. The van der Waals surface area contributed by atoms with E-state index >= 15 is 0 Å². The monoisotopic (exact) mass is 336 g/mol. The maximum absolute atomic E-state index is 12.6. The Labute approximate surface area is 141 Å². The minimum absolute atomic E-state index is 0.0237. The predicted molar refractivity (Wildman–Crippen MR) is 89.5 cm³/mol. The lowest BCUT2D eigenvalue weighted by molar-refractivity contribution is -0.128. The van der Waals surface area contributed by atoms with E-state index in [1.165, 1.54) is 11.3 Å². The molecule has 23 heavy (non-hydrogen) atoms. The summed E-state index contributed by atoms with van der Waals surface area (Å²) in [7, 11) is 1.63. The fourth-order valence-electron chi connectivity index (χ4n) is 4.06. The molecule has 0 bridgehead atoms. The molecule has 0 radical (unpaired) electrons. The van der Waals surface area contributed by atoms with E-state index in [0.717, 1.165) is 37.1 Å². The van der Waals surface area contributed by atoms with Crippen molar-refractivity contribution in [1.82, 2.24) is 10.2 Å². The summed E-state index contributed by atoms with van der Waals surface area (Å²) in [4.78, 5) is 27.8. The predicted octanol–water partition coefficient (Wildman–Crippen LogP) is 2.14. The van der Waals surface area contributed by atoms with E-state index in [1.54, 1.807) is 7.11 Å². The molecule has 6 heteroatoms. The number of carbonyl (C=O) groups is 2. The molecule has 2 aliphatic rings. The second-order valence-electron chi connectivity index (χ2n) is 6.55. The van der Waals surface area contributed by atoms with Gasteiger partial charge < -0.3 is 15.0 Å². The Balaban J connectivity index is 1.65. The molecular weight excluding hydrogens is 312 g/mol. The number of methoxy groups -OCH3 is 1. The Kier molecular flexibility index (Phi) is 5.02. The molecule has 2 amide bonds. The molecular formula is C17H24N2O3S. The first kappa shape index (κ1) is 16.5. The van der Waals surface area contributed by atoms with E-state index in [1.807, 2.05) is 22.4 Å². The van der Waals surface area contributed by atoms with Crippen LogP contribution in [-0.2, 0) is 9.53 Å². The highest BCUT2D eigenvalue weighted by Gasteiger charge is 2.51. The zero-order valence-electron chi connectivity index (χ0n) is 13.5. The first-order valence-corrected chi connectivity index (χ1v) is 9.14. The maximum atomic E-state index is 12.6. The van der Waals surface area contributed by atoms with E-state index < -0.39 is 0 Å². The SMILES string of the molecule is COCCNC(=O)C1CCCC12CCN(C(=O)c1cccs1)C2. The molecule has 2 fully saturated rings. The van der Waals surface area contributed by atoms with Crippen molar-refractivity contribution in [2.45, 2.75) is 25.7 Å². The third-order valence-corrected chi connectivity index (χ3v) is 6.09. The minimum Gasteiger partial charge on any atom is -0.383 e. The molecule has 1 spiro atoms. The van der Waals surface area contributed by atoms with Gasteiger partial charge in [0.25, 0.3) is 5.91 Å². The zero-order chi connectivity index (χ0) is 16.3. The molecule has 2 atom stereocenters. The second-order valence-corrected chi connectivity index (χ2v) is 7.49. The molecule has 1 saturated carbocycles. The highest BCUT2D eigenvalue weighted by atomic mass is 32.1. The number of nitrogens with zero attached hydrogens (tertiary/aromatic N) is 1. The molecule has 1 aliphatic heterocycles. The van der Waals surface area contributed by atoms with Gasteiger partial charge in [0.15, 0.2) is 0 Å². The standard InChI is InChI=1S/C17H24N2O3S/c1-22-10-8-18-15(20)13-4-2-6-17(13)7-9-19(12-17)16(21)14-5-3-11-23-14/h3,5,11,13H,2,4,6-10,12H2,1H3,(H,18,20). The van der Waals surface area contributed by atoms with Crippen LogP contribution in [0.25, 0.3) is 0 Å². The molecule has 5 nitrogen and oxygen atoms in total. The summed E-state index contributed by atoms with van der Waals surface area (Å²) in [6.45, 7) is 2.57. The van der Waals surface area contributed by atoms with Gasteiger partial charge >= 0.3 is 0 Å². The van der Waals surface area contributed by atoms with Crippen molar-refractivity contribution in [2.24, 2.45) is 11.3 Å². The number of thiophene rings is 1. The fourth-order valence-corrected chi connectivity index (χ4v) is 4.75. The Bertz CT molecular complexity index is 560. The molecule has 3 rings (SSSR count). The Morgan fingerprint density at radius 3 is 3.09 bits per heavy atom. The maximum Gasteiger partial charge on any atom is 0.263 e. The van der Waals surface area contributed by atoms with E-state index in [-0.39, 0.29) is 23.1 Å². The second kappa shape index (κ2) is 7.01. The quantitative estimate of drug-likeness (QED) is 0.838. The van der Waals surface area contributed by atoms with Crippen LogP contribution in [-0.4, -0.2) is 50.1 Å². The molecule has 1 N–H and O–H groups in total. The molecule has 126 valence electrons. The number of likely N-dealkylation sites (tertiary alicyclic amines) is 1. The molecule has 2 heterocycles. The van der Waals surface area contributed by atoms with E-state index in [9.17, 15) is 9.59 Å². The van der Waals surface area contributed by atoms with Crippen molar-refractivity contribution >= 4 is 23.2 Å². The highest BCUT2D eigenvalue weighted by Crippen LogP contribution is 2.50. The van der Waals surface area contributed by atoms with Crippen molar-refractivity contribution in [1.29, 1.82) is 0 Å². The van der Waals surface area contributed by atoms with Gasteiger partial charge in [-0.3, -0.25) is 9.59 Å². The Morgan fingerprint density at radius 1 is 1.48 bits per heavy atom. The van der Waals surface area contributed by atoms with Gasteiger partial charge in [-0.25, -0.2) is 0 Å². The van der Waals surface area contributed by atoms with Crippen molar-refractivity contribution < 1.29 is 14.3 Å². The van der Waals surface area contributed by atoms with Gasteiger partial charge in [0.1, 0.15) is 0 Å². The largest absolute Gasteiger partial charge is 0.383 e. The average molecular weight is 336 g/mol. The fraction of sp³-hybridized carbons (Fsp3) is 0.647. The van der Waals surface area contributed by atoms with Gasteiger partial charge in [-0.15, -0.1) is 11.3 Å². The van der Waals surface area contributed by atoms with Gasteiger partial charge in [-0.05, 0) is 30.7 Å². The summed E-state index contributed by atoms with van der Waals surface area (Å²) in [6, 6.07) is 3.78. The normalized spacial score (nSPS) is 26.8. The Hall–Kier alpha value is -1.40. The van der Waals surface area contributed by atoms with Crippen LogP contribution in [0.5, 0.6) is 0 Å². The van der Waals surface area contributed by atoms with Crippen LogP contribution in [0.2, 0.25) is 0 Å². The van der Waals surface area contributed by atoms with E-state index in [0.29, 0.717) is 19.7 Å². The van der Waals surface area contributed by atoms with Crippen LogP contribution in [0.4, 0.5) is 0 Å². The molecule has 2 unspecified atom stereocenters.